The maximum absolute atomic E-state index is 14.1. The van der Waals surface area contributed by atoms with E-state index in [0.29, 0.717) is 78.0 Å². The van der Waals surface area contributed by atoms with Crippen LogP contribution in [0, 0.1) is 11.6 Å². The summed E-state index contributed by atoms with van der Waals surface area (Å²) in [6.07, 6.45) is 14.2. The zero-order valence-corrected chi connectivity index (χ0v) is 46.5. The summed E-state index contributed by atoms with van der Waals surface area (Å²) in [6.45, 7) is 5.69. The zero-order valence-electron chi connectivity index (χ0n) is 46.5. The lowest BCUT2D eigenvalue weighted by Gasteiger charge is -2.35. The fourth-order valence-corrected chi connectivity index (χ4v) is 10.9. The Morgan fingerprint density at radius 1 is 0.802 bits per heavy atom. The lowest BCUT2D eigenvalue weighted by molar-refractivity contribution is -0.136. The maximum Gasteiger partial charge on any atom is 0.258 e. The number of hydrogen-bond acceptors (Lipinski definition) is 14. The number of nitrogens with zero attached hydrogens (tertiary/aromatic N) is 6. The lowest BCUT2D eigenvalue weighted by atomic mass is 10.0. The van der Waals surface area contributed by atoms with Crippen molar-refractivity contribution in [3.8, 4) is 0 Å². The van der Waals surface area contributed by atoms with Gasteiger partial charge in [0.25, 0.3) is 11.8 Å². The summed E-state index contributed by atoms with van der Waals surface area (Å²) < 4.78 is 27.9. The molecule has 3 fully saturated rings. The third kappa shape index (κ3) is 16.4. The topological polar surface area (TPSA) is 247 Å². The maximum atomic E-state index is 14.1. The van der Waals surface area contributed by atoms with E-state index in [0.717, 1.165) is 120 Å². The minimum atomic E-state index is -0.822. The van der Waals surface area contributed by atoms with Crippen molar-refractivity contribution in [3.05, 3.63) is 124 Å². The van der Waals surface area contributed by atoms with E-state index in [1.165, 1.54) is 30.1 Å². The normalized spacial score (nSPS) is 16.3. The summed E-state index contributed by atoms with van der Waals surface area (Å²) in [7, 11) is 3.59. The Morgan fingerprint density at radius 2 is 1.51 bits per heavy atom. The highest BCUT2D eigenvalue weighted by Crippen LogP contribution is 2.31. The van der Waals surface area contributed by atoms with Gasteiger partial charge in [0.2, 0.25) is 17.7 Å². The first kappa shape index (κ1) is 59.2. The molecule has 4 aromatic carbocycles. The van der Waals surface area contributed by atoms with E-state index < -0.39 is 29.5 Å². The van der Waals surface area contributed by atoms with Crippen LogP contribution < -0.4 is 37.7 Å². The van der Waals surface area contributed by atoms with E-state index >= 15 is 0 Å². The molecular formula is C60H77F2N13O6. The number of halogens is 2. The first-order valence-electron chi connectivity index (χ1n) is 28.4. The van der Waals surface area contributed by atoms with Crippen molar-refractivity contribution < 1.29 is 37.5 Å². The smallest absolute Gasteiger partial charge is 0.258 e. The number of amides is 5. The molecule has 3 saturated heterocycles. The predicted octanol–water partition coefficient (Wildman–Crippen LogP) is 7.52. The number of aldehydes is 1. The summed E-state index contributed by atoms with van der Waals surface area (Å²) in [6, 6.07) is 19.0. The van der Waals surface area contributed by atoms with Crippen molar-refractivity contribution in [2.24, 2.45) is 11.6 Å². The summed E-state index contributed by atoms with van der Waals surface area (Å²) >= 11 is 0. The Balaban J connectivity index is 0.714. The van der Waals surface area contributed by atoms with Crippen LogP contribution in [0.5, 0.6) is 0 Å². The number of piperazine rings is 1. The Labute approximate surface area is 472 Å². The quantitative estimate of drug-likeness (QED) is 0.00931. The van der Waals surface area contributed by atoms with Crippen molar-refractivity contribution in [3.63, 3.8) is 0 Å². The number of carbonyl (C=O) groups excluding carboxylic acids is 6. The monoisotopic (exact) mass is 1110 g/mol. The highest BCUT2D eigenvalue weighted by molar-refractivity contribution is 6.11. The van der Waals surface area contributed by atoms with Gasteiger partial charge in [-0.2, -0.15) is 5.10 Å². The molecule has 9 N–H and O–H groups in total. The number of unbranched alkanes of at least 4 members (excludes halogenated alkanes) is 8. The van der Waals surface area contributed by atoms with Crippen LogP contribution in [0.4, 0.5) is 31.7 Å². The predicted molar refractivity (Wildman–Crippen MR) is 311 cm³/mol. The standard InChI is InChI=1S/C60H77F2N13O6/c1-71-27-29-73(30-28-71)46-17-18-48(58(79)68-57-49-34-40(16-19-52(49)69-70-57)31-41-32-42(61)35-43(62)33-41)53(36-46)66-45-22-25-74(26-23-45)56(78)15-10-8-6-4-3-5-7-9-11-24-75(64)38-44(63)37-65-51-14-12-13-47(50(51)39-76)60(81)72(2)54-20-21-55(77)67-59(54)80/h12-14,16-19,32-36,38-39,45,54,65-66H,3-11,15,20-31,37,63-64H2,1-2H3,(H,67,77,80)(H2,68,69,70,79)/b44-38-. The van der Waals surface area contributed by atoms with Gasteiger partial charge < -0.3 is 46.3 Å². The number of hydrogen-bond donors (Lipinski definition) is 7. The molecule has 4 heterocycles. The fourth-order valence-electron chi connectivity index (χ4n) is 10.9. The molecule has 1 atom stereocenters. The Bertz CT molecular complexity index is 3040. The van der Waals surface area contributed by atoms with Gasteiger partial charge in [0.1, 0.15) is 17.7 Å². The number of imide groups is 1. The van der Waals surface area contributed by atoms with Crippen molar-refractivity contribution >= 4 is 69.6 Å². The van der Waals surface area contributed by atoms with Crippen LogP contribution in [-0.2, 0) is 20.8 Å². The van der Waals surface area contributed by atoms with Gasteiger partial charge in [0.15, 0.2) is 12.1 Å². The number of piperidine rings is 2. The van der Waals surface area contributed by atoms with Gasteiger partial charge in [0, 0.05) is 112 Å². The molecule has 1 aromatic heterocycles. The number of likely N-dealkylation sites (tertiary alicyclic amines) is 1. The average Bonchev–Trinajstić information content (AvgIpc) is 3.86. The van der Waals surface area contributed by atoms with Gasteiger partial charge >= 0.3 is 0 Å². The number of anilines is 4. The molecule has 5 aromatic rings. The molecule has 0 aliphatic carbocycles. The molecule has 19 nitrogen and oxygen atoms in total. The highest BCUT2D eigenvalue weighted by Gasteiger charge is 2.34. The van der Waals surface area contributed by atoms with Gasteiger partial charge in [-0.25, -0.2) is 14.6 Å². The van der Waals surface area contributed by atoms with Crippen LogP contribution in [0.25, 0.3) is 10.9 Å². The number of H-pyrrole nitrogens is 1. The van der Waals surface area contributed by atoms with E-state index in [4.69, 9.17) is 11.6 Å². The van der Waals surface area contributed by atoms with Crippen molar-refractivity contribution in [2.75, 3.05) is 87.3 Å². The third-order valence-corrected chi connectivity index (χ3v) is 15.6. The Kier molecular flexibility index (Phi) is 20.8. The lowest BCUT2D eigenvalue weighted by Crippen LogP contribution is -2.53. The Hall–Kier alpha value is -7.91. The number of aromatic amines is 1. The second-order valence-corrected chi connectivity index (χ2v) is 21.7. The van der Waals surface area contributed by atoms with Crippen molar-refractivity contribution in [1.82, 2.24) is 35.2 Å². The molecule has 432 valence electrons. The number of rotatable bonds is 26. The number of likely N-dealkylation sites (N-methyl/N-ethyl adjacent to an activating group) is 2. The van der Waals surface area contributed by atoms with Crippen LogP contribution >= 0.6 is 0 Å². The average molecular weight is 1110 g/mol. The Morgan fingerprint density at radius 3 is 2.21 bits per heavy atom. The molecule has 0 radical (unpaired) electrons. The van der Waals surface area contributed by atoms with Gasteiger partial charge in [-0.1, -0.05) is 57.1 Å². The molecule has 0 bridgehead atoms. The number of aromatic nitrogens is 2. The number of benzene rings is 4. The first-order chi connectivity index (χ1) is 39.1. The molecule has 21 heteroatoms. The minimum absolute atomic E-state index is 0.0597. The molecule has 0 saturated carbocycles. The van der Waals surface area contributed by atoms with Crippen LogP contribution in [-0.4, -0.2) is 144 Å². The number of nitrogens with two attached hydrogens (primary N) is 2. The SMILES string of the molecule is CN1CCN(c2ccc(C(=O)Nc3n[nH]c4ccc(Cc5cc(F)cc(F)c5)cc34)c(NC3CCN(C(=O)CCCCCCCCCCCN(N)/C=C(\N)CNc4cccc(C(=O)N(C)C5CCC(=O)NC5=O)c4C=O)CC3)c2)CC1. The summed E-state index contributed by atoms with van der Waals surface area (Å²) in [5, 5.41) is 21.7. The summed E-state index contributed by atoms with van der Waals surface area (Å²) in [5.74, 6) is 3.73. The molecular weight excluding hydrogens is 1040 g/mol. The molecule has 5 amide bonds. The third-order valence-electron chi connectivity index (χ3n) is 15.6. The van der Waals surface area contributed by atoms with E-state index in [1.54, 1.807) is 23.3 Å². The van der Waals surface area contributed by atoms with E-state index in [9.17, 15) is 37.5 Å². The number of hydrazine groups is 1. The second-order valence-electron chi connectivity index (χ2n) is 21.7. The zero-order chi connectivity index (χ0) is 57.4. The van der Waals surface area contributed by atoms with Crippen LogP contribution in [0.2, 0.25) is 0 Å². The van der Waals surface area contributed by atoms with Crippen LogP contribution in [0.3, 0.4) is 0 Å². The molecule has 8 rings (SSSR count). The molecule has 3 aliphatic heterocycles. The molecule has 81 heavy (non-hydrogen) atoms. The molecule has 3 aliphatic rings. The number of fused-ring (bicyclic) bond motifs is 1. The minimum Gasteiger partial charge on any atom is -0.399 e. The second kappa shape index (κ2) is 28.5. The highest BCUT2D eigenvalue weighted by atomic mass is 19.1. The van der Waals surface area contributed by atoms with Gasteiger partial charge in [-0.3, -0.25) is 39.2 Å². The molecule has 1 unspecified atom stereocenters. The van der Waals surface area contributed by atoms with Gasteiger partial charge in [-0.05, 0) is 111 Å². The number of nitrogens with one attached hydrogen (secondary N) is 5. The molecule has 0 spiro atoms. The first-order valence-corrected chi connectivity index (χ1v) is 28.4. The van der Waals surface area contributed by atoms with Crippen LogP contribution in [0.1, 0.15) is 132 Å². The fraction of sp³-hybridized carbons (Fsp3) is 0.450. The van der Waals surface area contributed by atoms with Gasteiger partial charge in [0.05, 0.1) is 28.8 Å². The van der Waals surface area contributed by atoms with E-state index in [1.807, 2.05) is 35.2 Å². The van der Waals surface area contributed by atoms with E-state index in [-0.39, 0.29) is 54.3 Å². The van der Waals surface area contributed by atoms with Gasteiger partial charge in [-0.15, -0.1) is 0 Å². The van der Waals surface area contributed by atoms with Crippen molar-refractivity contribution in [2.45, 2.75) is 108 Å². The summed E-state index contributed by atoms with van der Waals surface area (Å²) in [4.78, 5) is 84.8. The summed E-state index contributed by atoms with van der Waals surface area (Å²) in [5.41, 5.74) is 11.6. The largest absolute Gasteiger partial charge is 0.399 e. The number of carbonyl (C=O) groups is 6. The van der Waals surface area contributed by atoms with Crippen molar-refractivity contribution in [1.29, 1.82) is 0 Å². The van der Waals surface area contributed by atoms with Crippen LogP contribution in [0.15, 0.2) is 84.7 Å². The van der Waals surface area contributed by atoms with E-state index in [2.05, 4.69) is 54.4 Å².